The summed E-state index contributed by atoms with van der Waals surface area (Å²) in [6.45, 7) is 4.45. The van der Waals surface area contributed by atoms with Crippen molar-refractivity contribution in [3.8, 4) is 0 Å². The van der Waals surface area contributed by atoms with E-state index in [4.69, 9.17) is 0 Å². The summed E-state index contributed by atoms with van der Waals surface area (Å²) < 4.78 is 1.17. The highest BCUT2D eigenvalue weighted by Gasteiger charge is 2.12. The van der Waals surface area contributed by atoms with Crippen molar-refractivity contribution in [3.05, 3.63) is 39.1 Å². The molecule has 0 aliphatic carbocycles. The van der Waals surface area contributed by atoms with E-state index in [1.165, 1.54) is 27.9 Å². The summed E-state index contributed by atoms with van der Waals surface area (Å²) in [5.74, 6) is 1.10. The van der Waals surface area contributed by atoms with E-state index in [1.807, 2.05) is 6.20 Å². The van der Waals surface area contributed by atoms with Gasteiger partial charge in [0, 0.05) is 18.0 Å². The Morgan fingerprint density at radius 3 is 2.62 bits per heavy atom. The summed E-state index contributed by atoms with van der Waals surface area (Å²) in [7, 11) is 0. The summed E-state index contributed by atoms with van der Waals surface area (Å²) >= 11 is 5.28. The lowest BCUT2D eigenvalue weighted by Gasteiger charge is -2.27. The first kappa shape index (κ1) is 14.9. The fourth-order valence-corrected chi connectivity index (χ4v) is 4.09. The van der Waals surface area contributed by atoms with Crippen LogP contribution in [0, 0.1) is 0 Å². The number of nitrogens with one attached hydrogen (secondary N) is 1. The Morgan fingerprint density at radius 2 is 2.00 bits per heavy atom. The van der Waals surface area contributed by atoms with Gasteiger partial charge in [0.2, 0.25) is 0 Å². The summed E-state index contributed by atoms with van der Waals surface area (Å²) in [5, 5.41) is 3.51. The number of anilines is 2. The third-order valence-electron chi connectivity index (χ3n) is 3.83. The monoisotopic (exact) mass is 365 g/mol. The quantitative estimate of drug-likeness (QED) is 0.819. The van der Waals surface area contributed by atoms with Crippen LogP contribution in [0.5, 0.6) is 0 Å². The van der Waals surface area contributed by atoms with Crippen molar-refractivity contribution in [1.82, 2.24) is 4.98 Å². The molecule has 5 heteroatoms. The Labute approximate surface area is 138 Å². The molecule has 21 heavy (non-hydrogen) atoms. The highest BCUT2D eigenvalue weighted by atomic mass is 79.9. The van der Waals surface area contributed by atoms with Crippen molar-refractivity contribution < 1.29 is 0 Å². The number of halogens is 1. The zero-order valence-corrected chi connectivity index (χ0v) is 14.6. The van der Waals surface area contributed by atoms with Gasteiger partial charge < -0.3 is 10.2 Å². The molecule has 1 fully saturated rings. The number of pyridine rings is 1. The fraction of sp³-hybridized carbons (Fsp3) is 0.438. The third-order valence-corrected chi connectivity index (χ3v) is 5.64. The van der Waals surface area contributed by atoms with Crippen molar-refractivity contribution in [2.45, 2.75) is 32.2 Å². The Hall–Kier alpha value is -1.07. The summed E-state index contributed by atoms with van der Waals surface area (Å²) in [6.07, 6.45) is 5.87. The van der Waals surface area contributed by atoms with E-state index >= 15 is 0 Å². The van der Waals surface area contributed by atoms with Crippen molar-refractivity contribution in [2.24, 2.45) is 0 Å². The number of hydrogen-bond donors (Lipinski definition) is 1. The van der Waals surface area contributed by atoms with Gasteiger partial charge in [-0.15, -0.1) is 11.3 Å². The van der Waals surface area contributed by atoms with Gasteiger partial charge >= 0.3 is 0 Å². The van der Waals surface area contributed by atoms with Crippen LogP contribution in [0.1, 0.15) is 37.1 Å². The van der Waals surface area contributed by atoms with Crippen LogP contribution in [0.4, 0.5) is 11.5 Å². The molecule has 0 amide bonds. The first-order valence-corrected chi connectivity index (χ1v) is 9.06. The first-order chi connectivity index (χ1) is 10.2. The lowest BCUT2D eigenvalue weighted by molar-refractivity contribution is 0.573. The fourth-order valence-electron chi connectivity index (χ4n) is 2.66. The van der Waals surface area contributed by atoms with Gasteiger partial charge in [0.15, 0.2) is 0 Å². The van der Waals surface area contributed by atoms with Gasteiger partial charge in [-0.05, 0) is 66.4 Å². The molecule has 1 saturated heterocycles. The van der Waals surface area contributed by atoms with Crippen molar-refractivity contribution in [1.29, 1.82) is 0 Å². The van der Waals surface area contributed by atoms with Gasteiger partial charge in [0.1, 0.15) is 5.82 Å². The Morgan fingerprint density at radius 1 is 1.19 bits per heavy atom. The van der Waals surface area contributed by atoms with Crippen LogP contribution in [0.2, 0.25) is 0 Å². The highest BCUT2D eigenvalue weighted by Crippen LogP contribution is 2.29. The normalized spacial score (nSPS) is 16.8. The Kier molecular flexibility index (Phi) is 4.80. The molecule has 2 aromatic rings. The number of rotatable bonds is 4. The molecule has 1 atom stereocenters. The lowest BCUT2D eigenvalue weighted by Crippen LogP contribution is -2.30. The predicted molar refractivity (Wildman–Crippen MR) is 94.4 cm³/mol. The average molecular weight is 366 g/mol. The number of nitrogens with zero attached hydrogens (tertiary/aromatic N) is 2. The standard InChI is InChI=1S/C16H20BrN3S/c1-12(14-6-7-15(17)21-14)19-13-5-8-16(18-11-13)20-9-3-2-4-10-20/h5-8,11-12,19H,2-4,9-10H2,1H3. The molecule has 0 saturated carbocycles. The molecular weight excluding hydrogens is 346 g/mol. The maximum Gasteiger partial charge on any atom is 0.128 e. The molecule has 3 nitrogen and oxygen atoms in total. The topological polar surface area (TPSA) is 28.2 Å². The van der Waals surface area contributed by atoms with E-state index in [1.54, 1.807) is 11.3 Å². The van der Waals surface area contributed by atoms with E-state index < -0.39 is 0 Å². The van der Waals surface area contributed by atoms with Gasteiger partial charge in [-0.2, -0.15) is 0 Å². The molecule has 1 unspecified atom stereocenters. The lowest BCUT2D eigenvalue weighted by atomic mass is 10.1. The highest BCUT2D eigenvalue weighted by molar-refractivity contribution is 9.11. The molecule has 0 bridgehead atoms. The van der Waals surface area contributed by atoms with E-state index in [2.05, 4.69) is 62.3 Å². The molecule has 0 radical (unpaired) electrons. The molecule has 112 valence electrons. The van der Waals surface area contributed by atoms with Crippen molar-refractivity contribution in [2.75, 3.05) is 23.3 Å². The van der Waals surface area contributed by atoms with Crippen LogP contribution in [-0.4, -0.2) is 18.1 Å². The first-order valence-electron chi connectivity index (χ1n) is 7.45. The minimum Gasteiger partial charge on any atom is -0.376 e. The molecule has 1 aliphatic heterocycles. The van der Waals surface area contributed by atoms with E-state index in [9.17, 15) is 0 Å². The largest absolute Gasteiger partial charge is 0.376 e. The summed E-state index contributed by atoms with van der Waals surface area (Å²) in [6, 6.07) is 8.81. The molecule has 3 rings (SSSR count). The SMILES string of the molecule is CC(Nc1ccc(N2CCCCC2)nc1)c1ccc(Br)s1. The van der Waals surface area contributed by atoms with Gasteiger partial charge in [-0.1, -0.05) is 0 Å². The van der Waals surface area contributed by atoms with Crippen LogP contribution >= 0.6 is 27.3 Å². The average Bonchev–Trinajstić information content (AvgIpc) is 2.96. The zero-order valence-electron chi connectivity index (χ0n) is 12.2. The van der Waals surface area contributed by atoms with E-state index in [-0.39, 0.29) is 0 Å². The zero-order chi connectivity index (χ0) is 14.7. The van der Waals surface area contributed by atoms with Gasteiger partial charge in [0.25, 0.3) is 0 Å². The smallest absolute Gasteiger partial charge is 0.128 e. The van der Waals surface area contributed by atoms with Gasteiger partial charge in [-0.3, -0.25) is 0 Å². The van der Waals surface area contributed by atoms with E-state index in [0.717, 1.165) is 24.6 Å². The van der Waals surface area contributed by atoms with Crippen LogP contribution in [0.25, 0.3) is 0 Å². The van der Waals surface area contributed by atoms with Crippen LogP contribution in [0.15, 0.2) is 34.2 Å². The number of hydrogen-bond acceptors (Lipinski definition) is 4. The number of aromatic nitrogens is 1. The van der Waals surface area contributed by atoms with Crippen LogP contribution in [0.3, 0.4) is 0 Å². The Bertz CT molecular complexity index is 575. The molecule has 0 aromatic carbocycles. The van der Waals surface area contributed by atoms with Crippen LogP contribution < -0.4 is 10.2 Å². The number of thiophene rings is 1. The molecule has 0 spiro atoms. The second kappa shape index (κ2) is 6.79. The predicted octanol–water partition coefficient (Wildman–Crippen LogP) is 5.07. The maximum absolute atomic E-state index is 4.61. The molecule has 3 heterocycles. The molecule has 2 aromatic heterocycles. The second-order valence-corrected chi connectivity index (χ2v) is 7.96. The summed E-state index contributed by atoms with van der Waals surface area (Å²) in [5.41, 5.74) is 1.08. The van der Waals surface area contributed by atoms with Crippen molar-refractivity contribution >= 4 is 38.8 Å². The maximum atomic E-state index is 4.61. The van der Waals surface area contributed by atoms with Gasteiger partial charge in [0.05, 0.1) is 21.7 Å². The molecule has 1 N–H and O–H groups in total. The van der Waals surface area contributed by atoms with E-state index in [0.29, 0.717) is 6.04 Å². The minimum atomic E-state index is 0.295. The van der Waals surface area contributed by atoms with Crippen LogP contribution in [-0.2, 0) is 0 Å². The number of piperidine rings is 1. The summed E-state index contributed by atoms with van der Waals surface area (Å²) in [4.78, 5) is 8.32. The minimum absolute atomic E-state index is 0.295. The van der Waals surface area contributed by atoms with Crippen molar-refractivity contribution in [3.63, 3.8) is 0 Å². The molecular formula is C16H20BrN3S. The second-order valence-electron chi connectivity index (χ2n) is 5.46. The van der Waals surface area contributed by atoms with Gasteiger partial charge in [-0.25, -0.2) is 4.98 Å². The molecule has 1 aliphatic rings. The Balaban J connectivity index is 1.63. The third kappa shape index (κ3) is 3.77.